The SMILES string of the molecule is COc1c(C(C)(C)C)cc(N2CCC(=O)NC2=O)c(F)c1I. The molecule has 2 rings (SSSR count). The molecule has 0 aromatic heterocycles. The van der Waals surface area contributed by atoms with Gasteiger partial charge in [0, 0.05) is 18.5 Å². The fourth-order valence-corrected chi connectivity index (χ4v) is 3.13. The normalized spacial score (nSPS) is 15.8. The molecule has 1 N–H and O–H groups in total. The van der Waals surface area contributed by atoms with Gasteiger partial charge in [0.25, 0.3) is 0 Å². The van der Waals surface area contributed by atoms with Gasteiger partial charge in [0.05, 0.1) is 16.4 Å². The van der Waals surface area contributed by atoms with Gasteiger partial charge in [-0.1, -0.05) is 20.8 Å². The zero-order chi connectivity index (χ0) is 16.7. The van der Waals surface area contributed by atoms with Crippen molar-refractivity contribution in [3.05, 3.63) is 21.0 Å². The number of nitrogens with zero attached hydrogens (tertiary/aromatic N) is 1. The van der Waals surface area contributed by atoms with Crippen molar-refractivity contribution in [1.29, 1.82) is 0 Å². The van der Waals surface area contributed by atoms with E-state index in [1.54, 1.807) is 6.07 Å². The zero-order valence-corrected chi connectivity index (χ0v) is 15.1. The highest BCUT2D eigenvalue weighted by Crippen LogP contribution is 2.40. The number of nitrogens with one attached hydrogen (secondary N) is 1. The summed E-state index contributed by atoms with van der Waals surface area (Å²) in [6, 6.07) is 1.03. The van der Waals surface area contributed by atoms with Crippen molar-refractivity contribution in [2.24, 2.45) is 0 Å². The van der Waals surface area contributed by atoms with E-state index in [0.29, 0.717) is 9.32 Å². The summed E-state index contributed by atoms with van der Waals surface area (Å²) in [7, 11) is 1.50. The summed E-state index contributed by atoms with van der Waals surface area (Å²) in [6.45, 7) is 6.13. The molecular formula is C15H18FIN2O3. The number of anilines is 1. The van der Waals surface area contributed by atoms with Crippen LogP contribution in [0.2, 0.25) is 0 Å². The first kappa shape index (κ1) is 17.0. The van der Waals surface area contributed by atoms with Crippen LogP contribution in [0.25, 0.3) is 0 Å². The molecule has 1 heterocycles. The first-order valence-corrected chi connectivity index (χ1v) is 7.92. The Kier molecular flexibility index (Phi) is 4.65. The summed E-state index contributed by atoms with van der Waals surface area (Å²) in [6.07, 6.45) is 0.151. The Morgan fingerprint density at radius 2 is 2.00 bits per heavy atom. The molecule has 0 aliphatic carbocycles. The summed E-state index contributed by atoms with van der Waals surface area (Å²) in [5.41, 5.74) is 0.691. The van der Waals surface area contributed by atoms with Crippen LogP contribution in [0.1, 0.15) is 32.8 Å². The Morgan fingerprint density at radius 3 is 2.50 bits per heavy atom. The number of ether oxygens (including phenoxy) is 1. The average Bonchev–Trinajstić information content (AvgIpc) is 2.41. The maximum atomic E-state index is 14.7. The van der Waals surface area contributed by atoms with Crippen LogP contribution >= 0.6 is 22.6 Å². The molecule has 0 atom stereocenters. The summed E-state index contributed by atoms with van der Waals surface area (Å²) in [5.74, 6) is -0.390. The third kappa shape index (κ3) is 3.04. The van der Waals surface area contributed by atoms with E-state index in [9.17, 15) is 14.0 Å². The van der Waals surface area contributed by atoms with Gasteiger partial charge in [-0.05, 0) is 34.1 Å². The fourth-order valence-electron chi connectivity index (χ4n) is 2.34. The number of halogens is 2. The molecule has 7 heteroatoms. The number of amides is 3. The van der Waals surface area contributed by atoms with Gasteiger partial charge in [-0.15, -0.1) is 0 Å². The van der Waals surface area contributed by atoms with Gasteiger partial charge < -0.3 is 4.74 Å². The maximum absolute atomic E-state index is 14.7. The number of imide groups is 1. The van der Waals surface area contributed by atoms with Crippen LogP contribution in [-0.4, -0.2) is 25.6 Å². The topological polar surface area (TPSA) is 58.6 Å². The first-order chi connectivity index (χ1) is 10.2. The lowest BCUT2D eigenvalue weighted by molar-refractivity contribution is -0.120. The smallest absolute Gasteiger partial charge is 0.328 e. The Labute approximate surface area is 142 Å². The van der Waals surface area contributed by atoms with Crippen LogP contribution in [-0.2, 0) is 10.2 Å². The van der Waals surface area contributed by atoms with E-state index in [4.69, 9.17) is 4.74 Å². The number of rotatable bonds is 2. The highest BCUT2D eigenvalue weighted by molar-refractivity contribution is 14.1. The van der Waals surface area contributed by atoms with Gasteiger partial charge in [-0.2, -0.15) is 0 Å². The lowest BCUT2D eigenvalue weighted by Crippen LogP contribution is -2.50. The van der Waals surface area contributed by atoms with E-state index in [1.807, 2.05) is 43.4 Å². The van der Waals surface area contributed by atoms with Crippen LogP contribution in [0.3, 0.4) is 0 Å². The Morgan fingerprint density at radius 1 is 1.36 bits per heavy atom. The van der Waals surface area contributed by atoms with Gasteiger partial charge in [-0.25, -0.2) is 9.18 Å². The molecule has 1 saturated heterocycles. The van der Waals surface area contributed by atoms with Crippen molar-refractivity contribution in [3.63, 3.8) is 0 Å². The van der Waals surface area contributed by atoms with Crippen molar-refractivity contribution >= 4 is 40.2 Å². The summed E-state index contributed by atoms with van der Waals surface area (Å²) in [4.78, 5) is 24.5. The molecule has 0 radical (unpaired) electrons. The standard InChI is InChI=1S/C15H18FIN2O3/c1-15(2,3)8-7-9(11(16)12(17)13(8)22-4)19-6-5-10(20)18-14(19)21/h7H,5-6H2,1-4H3,(H,18,20,21). The second-order valence-corrected chi connectivity index (χ2v) is 7.19. The number of benzene rings is 1. The van der Waals surface area contributed by atoms with Crippen LogP contribution in [0.15, 0.2) is 6.07 Å². The Balaban J connectivity index is 2.60. The lowest BCUT2D eigenvalue weighted by Gasteiger charge is -2.30. The summed E-state index contributed by atoms with van der Waals surface area (Å²) >= 11 is 1.88. The Hall–Kier alpha value is -1.38. The average molecular weight is 420 g/mol. The van der Waals surface area contributed by atoms with Crippen molar-refractivity contribution in [1.82, 2.24) is 5.32 Å². The second kappa shape index (κ2) is 6.02. The number of urea groups is 1. The zero-order valence-electron chi connectivity index (χ0n) is 12.9. The van der Waals surface area contributed by atoms with Gasteiger partial charge >= 0.3 is 6.03 Å². The first-order valence-electron chi connectivity index (χ1n) is 6.84. The lowest BCUT2D eigenvalue weighted by atomic mass is 9.85. The number of carbonyl (C=O) groups excluding carboxylic acids is 2. The highest BCUT2D eigenvalue weighted by Gasteiger charge is 2.31. The third-order valence-electron chi connectivity index (χ3n) is 3.50. The van der Waals surface area contributed by atoms with E-state index in [1.165, 1.54) is 12.0 Å². The minimum atomic E-state index is -0.601. The molecule has 0 bridgehead atoms. The van der Waals surface area contributed by atoms with Crippen molar-refractivity contribution in [3.8, 4) is 5.75 Å². The predicted octanol–water partition coefficient (Wildman–Crippen LogP) is 3.18. The number of carbonyl (C=O) groups is 2. The number of hydrogen-bond acceptors (Lipinski definition) is 3. The molecule has 22 heavy (non-hydrogen) atoms. The van der Waals surface area contributed by atoms with E-state index in [0.717, 1.165) is 5.56 Å². The molecule has 0 spiro atoms. The van der Waals surface area contributed by atoms with Crippen LogP contribution < -0.4 is 15.0 Å². The monoisotopic (exact) mass is 420 g/mol. The van der Waals surface area contributed by atoms with Gasteiger partial charge in [-0.3, -0.25) is 15.0 Å². The van der Waals surface area contributed by atoms with Gasteiger partial charge in [0.15, 0.2) is 5.82 Å². The largest absolute Gasteiger partial charge is 0.495 e. The number of methoxy groups -OCH3 is 1. The fraction of sp³-hybridized carbons (Fsp3) is 0.467. The summed E-state index contributed by atoms with van der Waals surface area (Å²) < 4.78 is 20.4. The molecule has 0 saturated carbocycles. The molecule has 120 valence electrons. The highest BCUT2D eigenvalue weighted by atomic mass is 127. The molecular weight excluding hydrogens is 402 g/mol. The van der Waals surface area contributed by atoms with Crippen LogP contribution in [0.5, 0.6) is 5.75 Å². The van der Waals surface area contributed by atoms with E-state index in [-0.39, 0.29) is 30.0 Å². The molecule has 0 unspecified atom stereocenters. The molecule has 1 aromatic rings. The van der Waals surface area contributed by atoms with E-state index >= 15 is 0 Å². The van der Waals surface area contributed by atoms with Crippen LogP contribution in [0, 0.1) is 9.39 Å². The van der Waals surface area contributed by atoms with Gasteiger partial charge in [0.1, 0.15) is 5.75 Å². The minimum Gasteiger partial charge on any atom is -0.495 e. The van der Waals surface area contributed by atoms with E-state index < -0.39 is 11.8 Å². The predicted molar refractivity (Wildman–Crippen MR) is 89.9 cm³/mol. The van der Waals surface area contributed by atoms with Gasteiger partial charge in [0.2, 0.25) is 5.91 Å². The van der Waals surface area contributed by atoms with E-state index in [2.05, 4.69) is 5.32 Å². The molecule has 5 nitrogen and oxygen atoms in total. The second-order valence-electron chi connectivity index (χ2n) is 6.11. The molecule has 1 fully saturated rings. The Bertz CT molecular complexity index is 641. The molecule has 3 amide bonds. The van der Waals surface area contributed by atoms with Crippen LogP contribution in [0.4, 0.5) is 14.9 Å². The molecule has 1 aliphatic heterocycles. The summed E-state index contributed by atoms with van der Waals surface area (Å²) in [5, 5.41) is 2.21. The number of hydrogen-bond donors (Lipinski definition) is 1. The molecule has 1 aliphatic rings. The quantitative estimate of drug-likeness (QED) is 0.748. The third-order valence-corrected chi connectivity index (χ3v) is 4.46. The molecule has 1 aromatic carbocycles. The van der Waals surface area contributed by atoms with Crippen molar-refractivity contribution in [2.45, 2.75) is 32.6 Å². The van der Waals surface area contributed by atoms with Crippen molar-refractivity contribution in [2.75, 3.05) is 18.6 Å². The van der Waals surface area contributed by atoms with Crippen molar-refractivity contribution < 1.29 is 18.7 Å². The minimum absolute atomic E-state index is 0.151. The maximum Gasteiger partial charge on any atom is 0.328 e.